The lowest BCUT2D eigenvalue weighted by Gasteiger charge is -2.29. The molecule has 1 N–H and O–H groups in total. The maximum absolute atomic E-state index is 14.1. The zero-order valence-corrected chi connectivity index (χ0v) is 17.3. The van der Waals surface area contributed by atoms with E-state index in [1.807, 2.05) is 12.1 Å². The number of rotatable bonds is 7. The van der Waals surface area contributed by atoms with Crippen molar-refractivity contribution in [3.05, 3.63) is 42.2 Å². The van der Waals surface area contributed by atoms with Gasteiger partial charge in [0.05, 0.1) is 7.11 Å². The van der Waals surface area contributed by atoms with Crippen LogP contribution >= 0.6 is 0 Å². The van der Waals surface area contributed by atoms with Gasteiger partial charge in [-0.1, -0.05) is 45.3 Å². The Balaban J connectivity index is 0.000000836. The molecule has 0 aliphatic heterocycles. The summed E-state index contributed by atoms with van der Waals surface area (Å²) in [7, 11) is 1.58. The first-order chi connectivity index (χ1) is 13.1. The third kappa shape index (κ3) is 10.9. The van der Waals surface area contributed by atoms with E-state index in [1.54, 1.807) is 14.0 Å². The number of carbonyl (C=O) groups is 1. The first-order valence-corrected chi connectivity index (χ1v) is 10.1. The number of aldehydes is 1. The molecule has 2 rings (SSSR count). The average Bonchev–Trinajstić information content (AvgIpc) is 2.69. The van der Waals surface area contributed by atoms with Crippen LogP contribution in [0.15, 0.2) is 30.9 Å². The summed E-state index contributed by atoms with van der Waals surface area (Å²) < 4.78 is 19.2. The number of allylic oxidation sites excluding steroid dienone is 1. The predicted octanol–water partition coefficient (Wildman–Crippen LogP) is 6.06. The molecule has 1 aromatic carbocycles. The number of carbonyl (C=O) groups excluding carboxylic acids is 1. The number of halogens is 1. The third-order valence-electron chi connectivity index (χ3n) is 4.81. The summed E-state index contributed by atoms with van der Waals surface area (Å²) >= 11 is 0. The van der Waals surface area contributed by atoms with Crippen LogP contribution in [-0.4, -0.2) is 25.1 Å². The van der Waals surface area contributed by atoms with Crippen LogP contribution in [0.3, 0.4) is 0 Å². The van der Waals surface area contributed by atoms with Crippen LogP contribution in [0.25, 0.3) is 0 Å². The summed E-state index contributed by atoms with van der Waals surface area (Å²) in [6.45, 7) is 7.29. The van der Waals surface area contributed by atoms with Gasteiger partial charge in [0.15, 0.2) is 0 Å². The third-order valence-corrected chi connectivity index (χ3v) is 4.81. The minimum absolute atomic E-state index is 0.0983. The number of benzene rings is 1. The summed E-state index contributed by atoms with van der Waals surface area (Å²) in [6.07, 6.45) is 12.0. The molecule has 0 aromatic heterocycles. The highest BCUT2D eigenvalue weighted by atomic mass is 19.1. The second kappa shape index (κ2) is 16.5. The monoisotopic (exact) mass is 380 g/mol. The fourth-order valence-corrected chi connectivity index (χ4v) is 3.41. The van der Waals surface area contributed by atoms with E-state index < -0.39 is 0 Å². The second-order valence-electron chi connectivity index (χ2n) is 6.79. The largest absolute Gasteiger partial charge is 0.497 e. The number of unbranched alkanes of at least 4 members (excludes halogenated alkanes) is 2. The molecular formula is C23H37FO3. The fraction of sp³-hybridized carbons (Fsp3) is 0.609. The molecule has 0 atom stereocenters. The molecule has 0 spiro atoms. The Morgan fingerprint density at radius 3 is 2.26 bits per heavy atom. The van der Waals surface area contributed by atoms with E-state index in [2.05, 4.69) is 13.5 Å². The van der Waals surface area contributed by atoms with Crippen molar-refractivity contribution in [2.24, 2.45) is 5.92 Å². The van der Waals surface area contributed by atoms with Crippen molar-refractivity contribution in [3.63, 3.8) is 0 Å². The molecular weight excluding hydrogens is 343 g/mol. The van der Waals surface area contributed by atoms with E-state index in [1.165, 1.54) is 50.7 Å². The molecule has 1 aromatic rings. The SMILES string of the molecule is C=CC=O.CCCCCC1CCC(c2ccc(OC)cc2F)CC1.CCO. The molecule has 1 aliphatic carbocycles. The molecule has 0 radical (unpaired) electrons. The first-order valence-electron chi connectivity index (χ1n) is 10.1. The zero-order valence-electron chi connectivity index (χ0n) is 17.3. The van der Waals surface area contributed by atoms with Crippen molar-refractivity contribution in [1.29, 1.82) is 0 Å². The van der Waals surface area contributed by atoms with Crippen LogP contribution in [0.1, 0.15) is 76.7 Å². The van der Waals surface area contributed by atoms with Crippen molar-refractivity contribution in [2.45, 2.75) is 71.1 Å². The Labute approximate surface area is 164 Å². The van der Waals surface area contributed by atoms with Gasteiger partial charge >= 0.3 is 0 Å². The number of hydrogen-bond donors (Lipinski definition) is 1. The maximum atomic E-state index is 14.1. The van der Waals surface area contributed by atoms with Gasteiger partial charge in [-0.3, -0.25) is 4.79 Å². The number of aliphatic hydroxyl groups is 1. The molecule has 0 bridgehead atoms. The molecule has 4 heteroatoms. The molecule has 154 valence electrons. The Kier molecular flexibility index (Phi) is 15.5. The number of ether oxygens (including phenoxy) is 1. The number of methoxy groups -OCH3 is 1. The van der Waals surface area contributed by atoms with E-state index in [9.17, 15) is 4.39 Å². The molecule has 0 unspecified atom stereocenters. The van der Waals surface area contributed by atoms with Crippen LogP contribution in [0.2, 0.25) is 0 Å². The zero-order chi connectivity index (χ0) is 20.5. The number of hydrogen-bond acceptors (Lipinski definition) is 3. The van der Waals surface area contributed by atoms with Crippen LogP contribution in [0.5, 0.6) is 5.75 Å². The highest BCUT2D eigenvalue weighted by Crippen LogP contribution is 2.39. The van der Waals surface area contributed by atoms with Crippen LogP contribution in [0.4, 0.5) is 4.39 Å². The quantitative estimate of drug-likeness (QED) is 0.355. The minimum atomic E-state index is -0.0983. The lowest BCUT2D eigenvalue weighted by atomic mass is 9.77. The Morgan fingerprint density at radius 1 is 1.22 bits per heavy atom. The molecule has 1 aliphatic rings. The summed E-state index contributed by atoms with van der Waals surface area (Å²) in [4.78, 5) is 9.06. The topological polar surface area (TPSA) is 46.5 Å². The van der Waals surface area contributed by atoms with Gasteiger partial charge in [0.2, 0.25) is 0 Å². The molecule has 0 saturated heterocycles. The van der Waals surface area contributed by atoms with Gasteiger partial charge in [0.25, 0.3) is 0 Å². The van der Waals surface area contributed by atoms with Gasteiger partial charge in [-0.05, 0) is 62.1 Å². The van der Waals surface area contributed by atoms with Crippen LogP contribution in [0, 0.1) is 11.7 Å². The second-order valence-corrected chi connectivity index (χ2v) is 6.79. The van der Waals surface area contributed by atoms with Gasteiger partial charge in [0.1, 0.15) is 17.9 Å². The summed E-state index contributed by atoms with van der Waals surface area (Å²) in [5.74, 6) is 1.79. The minimum Gasteiger partial charge on any atom is -0.497 e. The molecule has 0 heterocycles. The van der Waals surface area contributed by atoms with E-state index >= 15 is 0 Å². The van der Waals surface area contributed by atoms with E-state index in [0.29, 0.717) is 18.0 Å². The van der Waals surface area contributed by atoms with Gasteiger partial charge < -0.3 is 9.84 Å². The van der Waals surface area contributed by atoms with Crippen molar-refractivity contribution in [2.75, 3.05) is 13.7 Å². The van der Waals surface area contributed by atoms with Crippen LogP contribution in [-0.2, 0) is 4.79 Å². The molecule has 1 saturated carbocycles. The van der Waals surface area contributed by atoms with Gasteiger partial charge in [0, 0.05) is 12.7 Å². The van der Waals surface area contributed by atoms with E-state index in [0.717, 1.165) is 24.3 Å². The van der Waals surface area contributed by atoms with Crippen molar-refractivity contribution < 1.29 is 19.0 Å². The highest BCUT2D eigenvalue weighted by molar-refractivity contribution is 5.63. The number of aliphatic hydroxyl groups excluding tert-OH is 1. The maximum Gasteiger partial charge on any atom is 0.142 e. The molecule has 1 fully saturated rings. The average molecular weight is 381 g/mol. The summed E-state index contributed by atoms with van der Waals surface area (Å²) in [5.41, 5.74) is 0.887. The fourth-order valence-electron chi connectivity index (χ4n) is 3.41. The van der Waals surface area contributed by atoms with Gasteiger partial charge in [-0.15, -0.1) is 0 Å². The van der Waals surface area contributed by atoms with Crippen molar-refractivity contribution >= 4 is 6.29 Å². The van der Waals surface area contributed by atoms with Crippen molar-refractivity contribution in [3.8, 4) is 5.75 Å². The molecule has 3 nitrogen and oxygen atoms in total. The predicted molar refractivity (Wildman–Crippen MR) is 111 cm³/mol. The lowest BCUT2D eigenvalue weighted by Crippen LogP contribution is -2.14. The lowest BCUT2D eigenvalue weighted by molar-refractivity contribution is -0.104. The first kappa shape index (κ1) is 25.3. The van der Waals surface area contributed by atoms with Gasteiger partial charge in [-0.2, -0.15) is 0 Å². The smallest absolute Gasteiger partial charge is 0.142 e. The van der Waals surface area contributed by atoms with Crippen LogP contribution < -0.4 is 4.74 Å². The van der Waals surface area contributed by atoms with E-state index in [4.69, 9.17) is 14.6 Å². The van der Waals surface area contributed by atoms with Crippen molar-refractivity contribution in [1.82, 2.24) is 0 Å². The van der Waals surface area contributed by atoms with Gasteiger partial charge in [-0.25, -0.2) is 4.39 Å². The Bertz CT molecular complexity index is 502. The molecule has 27 heavy (non-hydrogen) atoms. The summed E-state index contributed by atoms with van der Waals surface area (Å²) in [5, 5.41) is 7.57. The normalized spacial score (nSPS) is 18.3. The standard InChI is InChI=1S/C18H27FO.C3H4O.C2H6O/c1-3-4-5-6-14-7-9-15(10-8-14)17-12-11-16(20-2)13-18(17)19;1-2-3-4;1-2-3/h11-15H,3-10H2,1-2H3;2-3H,1H2;3H,2H2,1H3. The Morgan fingerprint density at radius 2 is 1.81 bits per heavy atom. The summed E-state index contributed by atoms with van der Waals surface area (Å²) in [6, 6.07) is 5.31. The molecule has 0 amide bonds. The Hall–Kier alpha value is -1.68. The van der Waals surface area contributed by atoms with E-state index in [-0.39, 0.29) is 12.4 Å². The highest BCUT2D eigenvalue weighted by Gasteiger charge is 2.24.